The molecule has 0 saturated heterocycles. The Labute approximate surface area is 67.6 Å². The lowest BCUT2D eigenvalue weighted by Gasteiger charge is -1.98. The fourth-order valence-corrected chi connectivity index (χ4v) is 0.645. The third kappa shape index (κ3) is 1.50. The third-order valence-electron chi connectivity index (χ3n) is 1.22. The Morgan fingerprint density at radius 2 is 2.33 bits per heavy atom. The molecule has 1 aromatic heterocycles. The van der Waals surface area contributed by atoms with E-state index in [4.69, 9.17) is 5.11 Å². The summed E-state index contributed by atoms with van der Waals surface area (Å²) in [7, 11) is 1.16. The van der Waals surface area contributed by atoms with E-state index in [1.807, 2.05) is 0 Å². The van der Waals surface area contributed by atoms with Crippen LogP contribution >= 0.6 is 0 Å². The molecular formula is C7H6FNO3. The van der Waals surface area contributed by atoms with Crippen LogP contribution in [0.4, 0.5) is 4.39 Å². The van der Waals surface area contributed by atoms with Crippen LogP contribution in [-0.2, 0) is 4.74 Å². The number of rotatable bonds is 1. The Bertz CT molecular complexity index is 314. The fourth-order valence-electron chi connectivity index (χ4n) is 0.645. The van der Waals surface area contributed by atoms with Gasteiger partial charge in [0.1, 0.15) is 0 Å². The molecule has 0 radical (unpaired) electrons. The van der Waals surface area contributed by atoms with Crippen LogP contribution in [0.15, 0.2) is 12.1 Å². The fraction of sp³-hybridized carbons (Fsp3) is 0.143. The van der Waals surface area contributed by atoms with Crippen molar-refractivity contribution in [3.05, 3.63) is 23.8 Å². The van der Waals surface area contributed by atoms with Gasteiger partial charge in [0.05, 0.1) is 7.11 Å². The summed E-state index contributed by atoms with van der Waals surface area (Å²) in [5, 5.41) is 8.71. The van der Waals surface area contributed by atoms with Crippen molar-refractivity contribution in [1.29, 1.82) is 0 Å². The maximum absolute atomic E-state index is 12.5. The molecule has 0 atom stereocenters. The molecule has 0 unspecified atom stereocenters. The lowest BCUT2D eigenvalue weighted by molar-refractivity contribution is 0.0592. The quantitative estimate of drug-likeness (QED) is 0.499. The first kappa shape index (κ1) is 8.45. The zero-order valence-electron chi connectivity index (χ0n) is 6.24. The first-order valence-electron chi connectivity index (χ1n) is 3.09. The monoisotopic (exact) mass is 171 g/mol. The summed E-state index contributed by atoms with van der Waals surface area (Å²) in [5.74, 6) is -2.42. The minimum Gasteiger partial charge on any atom is -0.504 e. The smallest absolute Gasteiger partial charge is 0.356 e. The summed E-state index contributed by atoms with van der Waals surface area (Å²) in [6.07, 6.45) is 0. The van der Waals surface area contributed by atoms with Crippen LogP contribution < -0.4 is 0 Å². The molecule has 0 aliphatic heterocycles. The van der Waals surface area contributed by atoms with Crippen LogP contribution in [0.3, 0.4) is 0 Å². The molecule has 4 nitrogen and oxygen atoms in total. The zero-order valence-corrected chi connectivity index (χ0v) is 6.24. The van der Waals surface area contributed by atoms with Crippen molar-refractivity contribution in [2.24, 2.45) is 0 Å². The third-order valence-corrected chi connectivity index (χ3v) is 1.22. The number of pyridine rings is 1. The molecule has 1 heterocycles. The van der Waals surface area contributed by atoms with Gasteiger partial charge in [-0.1, -0.05) is 0 Å². The van der Waals surface area contributed by atoms with Crippen molar-refractivity contribution in [2.75, 3.05) is 7.11 Å². The molecule has 0 aromatic carbocycles. The number of aromatic hydroxyl groups is 1. The minimum atomic E-state index is -1.09. The number of ether oxygens (including phenoxy) is 1. The van der Waals surface area contributed by atoms with Crippen molar-refractivity contribution >= 4 is 5.97 Å². The van der Waals surface area contributed by atoms with E-state index in [1.54, 1.807) is 0 Å². The second-order valence-electron chi connectivity index (χ2n) is 2.00. The topological polar surface area (TPSA) is 59.4 Å². The summed E-state index contributed by atoms with van der Waals surface area (Å²) in [6.45, 7) is 0. The molecule has 0 amide bonds. The summed E-state index contributed by atoms with van der Waals surface area (Å²) >= 11 is 0. The van der Waals surface area contributed by atoms with Gasteiger partial charge < -0.3 is 9.84 Å². The van der Waals surface area contributed by atoms with Crippen molar-refractivity contribution in [2.45, 2.75) is 0 Å². The largest absolute Gasteiger partial charge is 0.504 e. The van der Waals surface area contributed by atoms with E-state index in [0.29, 0.717) is 0 Å². The van der Waals surface area contributed by atoms with E-state index in [1.165, 1.54) is 6.07 Å². The van der Waals surface area contributed by atoms with Crippen LogP contribution in [0.25, 0.3) is 0 Å². The number of carbonyl (C=O) groups excluding carboxylic acids is 1. The van der Waals surface area contributed by atoms with Crippen LogP contribution in [0, 0.1) is 5.95 Å². The Morgan fingerprint density at radius 1 is 1.67 bits per heavy atom. The van der Waals surface area contributed by atoms with Crippen LogP contribution in [0.2, 0.25) is 0 Å². The number of carbonyl (C=O) groups is 1. The molecule has 0 aliphatic rings. The Balaban J connectivity index is 3.05. The number of nitrogens with zero attached hydrogens (tertiary/aromatic N) is 1. The van der Waals surface area contributed by atoms with Crippen molar-refractivity contribution < 1.29 is 19.0 Å². The highest BCUT2D eigenvalue weighted by Gasteiger charge is 2.10. The molecule has 0 spiro atoms. The van der Waals surface area contributed by atoms with Gasteiger partial charge in [-0.2, -0.15) is 4.39 Å². The minimum absolute atomic E-state index is 0.173. The van der Waals surface area contributed by atoms with E-state index in [9.17, 15) is 9.18 Å². The van der Waals surface area contributed by atoms with Crippen LogP contribution in [-0.4, -0.2) is 23.2 Å². The standard InChI is InChI=1S/C7H6FNO3/c1-12-7(11)4-2-3-5(10)6(8)9-4/h2-3,10H,1H3. The van der Waals surface area contributed by atoms with Gasteiger partial charge in [-0.3, -0.25) is 0 Å². The van der Waals surface area contributed by atoms with E-state index < -0.39 is 17.7 Å². The molecule has 1 aromatic rings. The maximum atomic E-state index is 12.5. The average molecular weight is 171 g/mol. The number of methoxy groups -OCH3 is 1. The molecule has 12 heavy (non-hydrogen) atoms. The highest BCUT2D eigenvalue weighted by molar-refractivity contribution is 5.87. The van der Waals surface area contributed by atoms with Crippen molar-refractivity contribution in [3.63, 3.8) is 0 Å². The first-order valence-corrected chi connectivity index (χ1v) is 3.09. The molecule has 0 bridgehead atoms. The van der Waals surface area contributed by atoms with E-state index >= 15 is 0 Å². The average Bonchev–Trinajstić information content (AvgIpc) is 2.08. The number of esters is 1. The molecule has 1 rings (SSSR count). The lowest BCUT2D eigenvalue weighted by Crippen LogP contribution is -2.04. The van der Waals surface area contributed by atoms with Gasteiger partial charge in [0.15, 0.2) is 11.4 Å². The van der Waals surface area contributed by atoms with Crippen molar-refractivity contribution in [3.8, 4) is 5.75 Å². The van der Waals surface area contributed by atoms with Gasteiger partial charge in [-0.05, 0) is 12.1 Å². The van der Waals surface area contributed by atoms with Crippen LogP contribution in [0.1, 0.15) is 10.5 Å². The number of hydrogen-bond donors (Lipinski definition) is 1. The summed E-state index contributed by atoms with van der Waals surface area (Å²) in [4.78, 5) is 13.9. The number of hydrogen-bond acceptors (Lipinski definition) is 4. The molecule has 5 heteroatoms. The zero-order chi connectivity index (χ0) is 9.14. The van der Waals surface area contributed by atoms with Gasteiger partial charge in [0.2, 0.25) is 0 Å². The van der Waals surface area contributed by atoms with E-state index in [0.717, 1.165) is 13.2 Å². The summed E-state index contributed by atoms with van der Waals surface area (Å²) < 4.78 is 16.8. The van der Waals surface area contributed by atoms with Gasteiger partial charge in [0, 0.05) is 0 Å². The van der Waals surface area contributed by atoms with Gasteiger partial charge in [0.25, 0.3) is 5.95 Å². The molecule has 1 N–H and O–H groups in total. The molecule has 0 saturated carbocycles. The predicted octanol–water partition coefficient (Wildman–Crippen LogP) is 0.713. The van der Waals surface area contributed by atoms with Gasteiger partial charge in [-0.25, -0.2) is 9.78 Å². The predicted molar refractivity (Wildman–Crippen MR) is 37.2 cm³/mol. The summed E-state index contributed by atoms with van der Waals surface area (Å²) in [6, 6.07) is 2.21. The molecule has 0 fully saturated rings. The highest BCUT2D eigenvalue weighted by atomic mass is 19.1. The molecular weight excluding hydrogens is 165 g/mol. The second-order valence-corrected chi connectivity index (χ2v) is 2.00. The van der Waals surface area contributed by atoms with Gasteiger partial charge >= 0.3 is 5.97 Å². The van der Waals surface area contributed by atoms with Crippen molar-refractivity contribution in [1.82, 2.24) is 4.98 Å². The molecule has 0 aliphatic carbocycles. The maximum Gasteiger partial charge on any atom is 0.356 e. The number of aromatic nitrogens is 1. The Hall–Kier alpha value is -1.65. The van der Waals surface area contributed by atoms with E-state index in [-0.39, 0.29) is 5.69 Å². The lowest BCUT2D eigenvalue weighted by atomic mass is 10.3. The highest BCUT2D eigenvalue weighted by Crippen LogP contribution is 2.12. The number of halogens is 1. The van der Waals surface area contributed by atoms with Gasteiger partial charge in [-0.15, -0.1) is 0 Å². The molecule has 64 valence electrons. The Morgan fingerprint density at radius 3 is 2.83 bits per heavy atom. The second kappa shape index (κ2) is 3.17. The Kier molecular flexibility index (Phi) is 2.23. The normalized spacial score (nSPS) is 9.50. The summed E-state index contributed by atoms with van der Waals surface area (Å²) in [5.41, 5.74) is -0.173. The first-order chi connectivity index (χ1) is 5.65. The van der Waals surface area contributed by atoms with Crippen LogP contribution in [0.5, 0.6) is 5.75 Å². The van der Waals surface area contributed by atoms with E-state index in [2.05, 4.69) is 9.72 Å². The SMILES string of the molecule is COC(=O)c1ccc(O)c(F)n1.